The van der Waals surface area contributed by atoms with E-state index >= 15 is 0 Å². The molecule has 1 aliphatic heterocycles. The zero-order chi connectivity index (χ0) is 20.2. The molecule has 1 heterocycles. The summed E-state index contributed by atoms with van der Waals surface area (Å²) in [5.41, 5.74) is 5.23. The Morgan fingerprint density at radius 3 is 2.64 bits per heavy atom. The molecule has 1 aliphatic rings. The highest BCUT2D eigenvalue weighted by Gasteiger charge is 2.20. The van der Waals surface area contributed by atoms with Crippen molar-refractivity contribution in [2.45, 2.75) is 64.6 Å². The molecule has 7 heteroatoms. The van der Waals surface area contributed by atoms with Crippen LogP contribution in [0.4, 0.5) is 0 Å². The smallest absolute Gasteiger partial charge is 0.269 e. The highest BCUT2D eigenvalue weighted by molar-refractivity contribution is 5.95. The predicted octanol–water partition coefficient (Wildman–Crippen LogP) is 2.99. The van der Waals surface area contributed by atoms with Crippen molar-refractivity contribution in [1.29, 1.82) is 0 Å². The van der Waals surface area contributed by atoms with Gasteiger partial charge in [-0.05, 0) is 50.5 Å². The third-order valence-electron chi connectivity index (χ3n) is 4.61. The van der Waals surface area contributed by atoms with Gasteiger partial charge >= 0.3 is 0 Å². The molecule has 2 N–H and O–H groups in total. The molecule has 0 radical (unpaired) electrons. The van der Waals surface area contributed by atoms with E-state index in [-0.39, 0.29) is 6.10 Å². The van der Waals surface area contributed by atoms with Gasteiger partial charge in [0, 0.05) is 12.2 Å². The molecule has 2 unspecified atom stereocenters. The molecule has 2 amide bonds. The molecule has 1 saturated heterocycles. The molecule has 2 atom stereocenters. The Hall–Kier alpha value is -2.12. The Morgan fingerprint density at radius 2 is 1.96 bits per heavy atom. The van der Waals surface area contributed by atoms with Gasteiger partial charge in [-0.1, -0.05) is 26.2 Å². The van der Waals surface area contributed by atoms with Crippen LogP contribution in [-0.2, 0) is 14.3 Å². The zero-order valence-electron chi connectivity index (χ0n) is 16.9. The average Bonchev–Trinajstić information content (AvgIpc) is 3.24. The first kappa shape index (κ1) is 22.2. The van der Waals surface area contributed by atoms with Crippen LogP contribution in [0.3, 0.4) is 0 Å². The third-order valence-corrected chi connectivity index (χ3v) is 4.61. The molecule has 156 valence electrons. The van der Waals surface area contributed by atoms with E-state index < -0.39 is 17.9 Å². The lowest BCUT2D eigenvalue weighted by Crippen LogP contribution is -2.46. The number of amides is 2. The molecule has 1 fully saturated rings. The number of nitrogens with one attached hydrogen (secondary N) is 2. The van der Waals surface area contributed by atoms with Crippen molar-refractivity contribution in [2.24, 2.45) is 0 Å². The highest BCUT2D eigenvalue weighted by atomic mass is 16.5. The number of carbonyl (C=O) groups excluding carboxylic acids is 2. The molecule has 1 aromatic carbocycles. The van der Waals surface area contributed by atoms with Gasteiger partial charge in [0.2, 0.25) is 0 Å². The Bertz CT molecular complexity index is 599. The summed E-state index contributed by atoms with van der Waals surface area (Å²) in [6, 6.07) is 6.84. The Kier molecular flexibility index (Phi) is 9.79. The molecular formula is C21H32N2O5. The third kappa shape index (κ3) is 7.86. The number of rotatable bonds is 11. The maximum Gasteiger partial charge on any atom is 0.269 e. The van der Waals surface area contributed by atoms with E-state index in [0.717, 1.165) is 38.0 Å². The number of ether oxygens (including phenoxy) is 3. The normalized spacial score (nSPS) is 17.1. The van der Waals surface area contributed by atoms with Gasteiger partial charge in [-0.3, -0.25) is 20.4 Å². The van der Waals surface area contributed by atoms with Crippen LogP contribution >= 0.6 is 0 Å². The molecule has 0 aromatic heterocycles. The second kappa shape index (κ2) is 12.4. The van der Waals surface area contributed by atoms with Crippen molar-refractivity contribution in [3.8, 4) is 5.75 Å². The Labute approximate surface area is 167 Å². The summed E-state index contributed by atoms with van der Waals surface area (Å²) in [6.45, 7) is 5.61. The van der Waals surface area contributed by atoms with Crippen LogP contribution < -0.4 is 15.6 Å². The fourth-order valence-corrected chi connectivity index (χ4v) is 2.82. The zero-order valence-corrected chi connectivity index (χ0v) is 16.9. The van der Waals surface area contributed by atoms with Crippen molar-refractivity contribution in [2.75, 3.05) is 19.8 Å². The predicted molar refractivity (Wildman–Crippen MR) is 106 cm³/mol. The number of carbonyl (C=O) groups is 2. The molecule has 0 spiro atoms. The van der Waals surface area contributed by atoms with E-state index in [2.05, 4.69) is 17.8 Å². The van der Waals surface area contributed by atoms with Gasteiger partial charge in [0.15, 0.2) is 0 Å². The van der Waals surface area contributed by atoms with Crippen molar-refractivity contribution in [1.82, 2.24) is 10.9 Å². The SMILES string of the molecule is CCCCCCOc1ccc(C(=O)NNC(=O)C(C)OCC2CCCO2)cc1. The number of hydrogen-bond acceptors (Lipinski definition) is 5. The van der Waals surface area contributed by atoms with Gasteiger partial charge in [-0.15, -0.1) is 0 Å². The van der Waals surface area contributed by atoms with E-state index in [1.165, 1.54) is 12.8 Å². The van der Waals surface area contributed by atoms with Crippen LogP contribution in [0.15, 0.2) is 24.3 Å². The standard InChI is InChI=1S/C21H32N2O5/c1-3-4-5-6-13-26-18-11-9-17(10-12-18)21(25)23-22-20(24)16(2)28-15-19-8-7-14-27-19/h9-12,16,19H,3-8,13-15H2,1-2H3,(H,22,24)(H,23,25). The van der Waals surface area contributed by atoms with Crippen LogP contribution in [0.1, 0.15) is 62.7 Å². The molecule has 0 aliphatic carbocycles. The number of unbranched alkanes of at least 4 members (excludes halogenated alkanes) is 3. The largest absolute Gasteiger partial charge is 0.494 e. The summed E-state index contributed by atoms with van der Waals surface area (Å²) in [5.74, 6) is -0.0687. The molecule has 0 saturated carbocycles. The van der Waals surface area contributed by atoms with E-state index in [1.807, 2.05) is 0 Å². The van der Waals surface area contributed by atoms with E-state index in [9.17, 15) is 9.59 Å². The second-order valence-electron chi connectivity index (χ2n) is 6.99. The van der Waals surface area contributed by atoms with Crippen LogP contribution in [0, 0.1) is 0 Å². The van der Waals surface area contributed by atoms with Crippen LogP contribution in [0.5, 0.6) is 5.75 Å². The second-order valence-corrected chi connectivity index (χ2v) is 6.99. The molecule has 1 aromatic rings. The first-order valence-corrected chi connectivity index (χ1v) is 10.2. The highest BCUT2D eigenvalue weighted by Crippen LogP contribution is 2.14. The van der Waals surface area contributed by atoms with Crippen molar-refractivity contribution in [3.05, 3.63) is 29.8 Å². The molecule has 2 rings (SSSR count). The quantitative estimate of drug-likeness (QED) is 0.447. The van der Waals surface area contributed by atoms with Crippen molar-refractivity contribution >= 4 is 11.8 Å². The lowest BCUT2D eigenvalue weighted by molar-refractivity contribution is -0.134. The van der Waals surface area contributed by atoms with E-state index in [0.29, 0.717) is 18.8 Å². The van der Waals surface area contributed by atoms with E-state index in [4.69, 9.17) is 14.2 Å². The topological polar surface area (TPSA) is 85.9 Å². The molecular weight excluding hydrogens is 360 g/mol. The number of hydrogen-bond donors (Lipinski definition) is 2. The fourth-order valence-electron chi connectivity index (χ4n) is 2.82. The minimum absolute atomic E-state index is 0.0530. The minimum Gasteiger partial charge on any atom is -0.494 e. The van der Waals surface area contributed by atoms with Gasteiger partial charge < -0.3 is 14.2 Å². The molecule has 7 nitrogen and oxygen atoms in total. The molecule has 0 bridgehead atoms. The maximum absolute atomic E-state index is 12.2. The van der Waals surface area contributed by atoms with Crippen LogP contribution in [0.25, 0.3) is 0 Å². The monoisotopic (exact) mass is 392 g/mol. The lowest BCUT2D eigenvalue weighted by atomic mass is 10.2. The van der Waals surface area contributed by atoms with Crippen molar-refractivity contribution in [3.63, 3.8) is 0 Å². The van der Waals surface area contributed by atoms with Gasteiger partial charge in [0.05, 0.1) is 19.3 Å². The van der Waals surface area contributed by atoms with E-state index in [1.54, 1.807) is 31.2 Å². The fraction of sp³-hybridized carbons (Fsp3) is 0.619. The first-order valence-electron chi connectivity index (χ1n) is 10.2. The van der Waals surface area contributed by atoms with Gasteiger partial charge in [-0.2, -0.15) is 0 Å². The summed E-state index contributed by atoms with van der Waals surface area (Å²) in [6.07, 6.45) is 5.94. The Morgan fingerprint density at radius 1 is 1.18 bits per heavy atom. The van der Waals surface area contributed by atoms with Gasteiger partial charge in [-0.25, -0.2) is 0 Å². The minimum atomic E-state index is -0.673. The summed E-state index contributed by atoms with van der Waals surface area (Å²) >= 11 is 0. The van der Waals surface area contributed by atoms with Crippen molar-refractivity contribution < 1.29 is 23.8 Å². The Balaban J connectivity index is 1.66. The van der Waals surface area contributed by atoms with Crippen LogP contribution in [-0.4, -0.2) is 43.8 Å². The lowest BCUT2D eigenvalue weighted by Gasteiger charge is -2.16. The maximum atomic E-state index is 12.2. The molecule has 28 heavy (non-hydrogen) atoms. The average molecular weight is 392 g/mol. The summed E-state index contributed by atoms with van der Waals surface area (Å²) in [7, 11) is 0. The number of hydrazine groups is 1. The first-order chi connectivity index (χ1) is 13.6. The number of benzene rings is 1. The van der Waals surface area contributed by atoms with Gasteiger partial charge in [0.25, 0.3) is 11.8 Å². The van der Waals surface area contributed by atoms with Crippen LogP contribution in [0.2, 0.25) is 0 Å². The summed E-state index contributed by atoms with van der Waals surface area (Å²) in [5, 5.41) is 0. The summed E-state index contributed by atoms with van der Waals surface area (Å²) < 4.78 is 16.6. The van der Waals surface area contributed by atoms with Gasteiger partial charge in [0.1, 0.15) is 11.9 Å². The summed E-state index contributed by atoms with van der Waals surface area (Å²) in [4.78, 5) is 24.2.